The van der Waals surface area contributed by atoms with Crippen molar-refractivity contribution < 1.29 is 15.0 Å². The van der Waals surface area contributed by atoms with Gasteiger partial charge >= 0.3 is 0 Å². The molecule has 1 atom stereocenters. The average molecular weight is 501 g/mol. The number of hydrogen-bond acceptors (Lipinski definition) is 5. The van der Waals surface area contributed by atoms with Crippen molar-refractivity contribution >= 4 is 11.4 Å². The van der Waals surface area contributed by atoms with Crippen LogP contribution in [-0.4, -0.2) is 53.9 Å². The van der Waals surface area contributed by atoms with Crippen molar-refractivity contribution in [3.63, 3.8) is 0 Å². The zero-order valence-corrected chi connectivity index (χ0v) is 21.0. The molecule has 2 aromatic heterocycles. The number of likely N-dealkylation sites (tertiary alicyclic amines) is 1. The van der Waals surface area contributed by atoms with E-state index in [0.29, 0.717) is 37.9 Å². The van der Waals surface area contributed by atoms with Crippen LogP contribution in [0.2, 0.25) is 0 Å². The van der Waals surface area contributed by atoms with Gasteiger partial charge in [-0.25, -0.2) is 4.52 Å². The standard InChI is InChI=1S/C29H32N4O4/c1-21(23-5-3-2-4-6-23)17-27(35)31-15-13-29(37,14-16-31)19-32-20-30-33-25(11-12-26(33)28(32)36)24-9-7-22(18-34)8-10-24/h2-12,20-21,34,37H,13-19H2,1H3/t21-/m1/s1. The number of rotatable bonds is 7. The summed E-state index contributed by atoms with van der Waals surface area (Å²) in [5.74, 6) is 0.219. The molecular formula is C29H32N4O4. The van der Waals surface area contributed by atoms with Crippen molar-refractivity contribution in [2.45, 2.75) is 50.9 Å². The lowest BCUT2D eigenvalue weighted by molar-refractivity contribution is -0.136. The number of hydrogen-bond donors (Lipinski definition) is 2. The molecular weight excluding hydrogens is 468 g/mol. The van der Waals surface area contributed by atoms with Crippen LogP contribution < -0.4 is 5.56 Å². The molecule has 0 radical (unpaired) electrons. The Morgan fingerprint density at radius 3 is 2.41 bits per heavy atom. The topological polar surface area (TPSA) is 100 Å². The molecule has 0 saturated carbocycles. The minimum atomic E-state index is -1.08. The summed E-state index contributed by atoms with van der Waals surface area (Å²) < 4.78 is 3.06. The highest BCUT2D eigenvalue weighted by atomic mass is 16.3. The van der Waals surface area contributed by atoms with Crippen molar-refractivity contribution in [1.82, 2.24) is 19.1 Å². The minimum absolute atomic E-state index is 0.0280. The number of aliphatic hydroxyl groups is 2. The number of aromatic nitrogens is 3. The fraction of sp³-hybridized carbons (Fsp3) is 0.345. The molecule has 2 aromatic carbocycles. The molecule has 1 aliphatic heterocycles. The molecule has 0 unspecified atom stereocenters. The molecule has 8 nitrogen and oxygen atoms in total. The third-order valence-corrected chi connectivity index (χ3v) is 7.44. The lowest BCUT2D eigenvalue weighted by Gasteiger charge is -2.38. The van der Waals surface area contributed by atoms with E-state index in [1.165, 1.54) is 10.9 Å². The number of fused-ring (bicyclic) bond motifs is 1. The molecule has 1 saturated heterocycles. The SMILES string of the molecule is C[C@H](CC(=O)N1CCC(O)(Cn2cnn3c(-c4ccc(CO)cc4)ccc3c2=O)CC1)c1ccccc1. The van der Waals surface area contributed by atoms with E-state index in [2.05, 4.69) is 12.0 Å². The highest BCUT2D eigenvalue weighted by Crippen LogP contribution is 2.27. The molecule has 1 amide bonds. The number of nitrogens with zero attached hydrogens (tertiary/aromatic N) is 4. The third kappa shape index (κ3) is 5.21. The van der Waals surface area contributed by atoms with Gasteiger partial charge in [0.1, 0.15) is 11.8 Å². The molecule has 1 aliphatic rings. The van der Waals surface area contributed by atoms with Gasteiger partial charge in [0.2, 0.25) is 5.91 Å². The van der Waals surface area contributed by atoms with Gasteiger partial charge in [-0.05, 0) is 42.0 Å². The van der Waals surface area contributed by atoms with Gasteiger partial charge in [0, 0.05) is 25.1 Å². The summed E-state index contributed by atoms with van der Waals surface area (Å²) in [7, 11) is 0. The number of piperidine rings is 1. The van der Waals surface area contributed by atoms with Crippen LogP contribution in [0.3, 0.4) is 0 Å². The van der Waals surface area contributed by atoms with E-state index in [1.54, 1.807) is 10.6 Å². The van der Waals surface area contributed by atoms with Crippen molar-refractivity contribution in [3.05, 3.63) is 94.5 Å². The lowest BCUT2D eigenvalue weighted by atomic mass is 9.90. The van der Waals surface area contributed by atoms with Gasteiger partial charge in [0.25, 0.3) is 5.56 Å². The van der Waals surface area contributed by atoms with Gasteiger partial charge < -0.3 is 15.1 Å². The van der Waals surface area contributed by atoms with Crippen LogP contribution in [-0.2, 0) is 17.9 Å². The van der Waals surface area contributed by atoms with E-state index in [4.69, 9.17) is 0 Å². The van der Waals surface area contributed by atoms with Crippen molar-refractivity contribution in [3.8, 4) is 11.3 Å². The largest absolute Gasteiger partial charge is 0.392 e. The van der Waals surface area contributed by atoms with E-state index in [9.17, 15) is 19.8 Å². The van der Waals surface area contributed by atoms with Crippen LogP contribution in [0.15, 0.2) is 77.9 Å². The molecule has 2 N–H and O–H groups in total. The second-order valence-corrected chi connectivity index (χ2v) is 10.1. The molecule has 4 aromatic rings. The summed E-state index contributed by atoms with van der Waals surface area (Å²) in [4.78, 5) is 27.9. The Labute approximate surface area is 215 Å². The zero-order chi connectivity index (χ0) is 26.0. The summed E-state index contributed by atoms with van der Waals surface area (Å²) in [6, 6.07) is 21.0. The Bertz CT molecular complexity index is 1430. The van der Waals surface area contributed by atoms with Gasteiger partial charge in [-0.3, -0.25) is 14.2 Å². The molecule has 37 heavy (non-hydrogen) atoms. The van der Waals surface area contributed by atoms with Crippen LogP contribution in [0.5, 0.6) is 0 Å². The number of benzene rings is 2. The van der Waals surface area contributed by atoms with Crippen molar-refractivity contribution in [1.29, 1.82) is 0 Å². The summed E-state index contributed by atoms with van der Waals surface area (Å²) in [6.07, 6.45) is 2.71. The number of amides is 1. The Hall–Kier alpha value is -3.75. The van der Waals surface area contributed by atoms with E-state index >= 15 is 0 Å². The predicted molar refractivity (Wildman–Crippen MR) is 141 cm³/mol. The first-order valence-electron chi connectivity index (χ1n) is 12.7. The Kier molecular flexibility index (Phi) is 6.95. The quantitative estimate of drug-likeness (QED) is 0.406. The van der Waals surface area contributed by atoms with Gasteiger partial charge in [0.05, 0.1) is 24.4 Å². The first-order chi connectivity index (χ1) is 17.9. The maximum Gasteiger partial charge on any atom is 0.277 e. The first kappa shape index (κ1) is 24.9. The smallest absolute Gasteiger partial charge is 0.277 e. The fourth-order valence-electron chi connectivity index (χ4n) is 5.08. The van der Waals surface area contributed by atoms with Crippen molar-refractivity contribution in [2.24, 2.45) is 0 Å². The van der Waals surface area contributed by atoms with Gasteiger partial charge in [-0.1, -0.05) is 61.5 Å². The molecule has 3 heterocycles. The average Bonchev–Trinajstić information content (AvgIpc) is 3.36. The fourth-order valence-corrected chi connectivity index (χ4v) is 5.08. The Balaban J connectivity index is 1.25. The van der Waals surface area contributed by atoms with Gasteiger partial charge in [0.15, 0.2) is 0 Å². The maximum atomic E-state index is 13.2. The van der Waals surface area contributed by atoms with Crippen LogP contribution in [0.4, 0.5) is 0 Å². The second-order valence-electron chi connectivity index (χ2n) is 10.1. The molecule has 5 rings (SSSR count). The van der Waals surface area contributed by atoms with Crippen LogP contribution in [0, 0.1) is 0 Å². The summed E-state index contributed by atoms with van der Waals surface area (Å²) in [5, 5.41) is 25.0. The van der Waals surface area contributed by atoms with E-state index < -0.39 is 5.60 Å². The molecule has 0 spiro atoms. The third-order valence-electron chi connectivity index (χ3n) is 7.44. The Morgan fingerprint density at radius 1 is 1.03 bits per heavy atom. The van der Waals surface area contributed by atoms with Gasteiger partial charge in [-0.2, -0.15) is 5.10 Å². The monoisotopic (exact) mass is 500 g/mol. The number of aliphatic hydroxyl groups excluding tert-OH is 1. The minimum Gasteiger partial charge on any atom is -0.392 e. The van der Waals surface area contributed by atoms with E-state index in [1.807, 2.05) is 65.6 Å². The normalized spacial score (nSPS) is 16.1. The van der Waals surface area contributed by atoms with Crippen molar-refractivity contribution in [2.75, 3.05) is 13.1 Å². The molecule has 0 aliphatic carbocycles. The highest BCUT2D eigenvalue weighted by Gasteiger charge is 2.35. The van der Waals surface area contributed by atoms with Crippen LogP contribution in [0.25, 0.3) is 16.8 Å². The molecule has 1 fully saturated rings. The molecule has 8 heteroatoms. The van der Waals surface area contributed by atoms with E-state index in [0.717, 1.165) is 22.4 Å². The summed E-state index contributed by atoms with van der Waals surface area (Å²) >= 11 is 0. The van der Waals surface area contributed by atoms with Crippen LogP contribution >= 0.6 is 0 Å². The van der Waals surface area contributed by atoms with Crippen LogP contribution in [0.1, 0.15) is 43.2 Å². The number of carbonyl (C=O) groups excluding carboxylic acids is 1. The summed E-state index contributed by atoms with van der Waals surface area (Å²) in [5.41, 5.74) is 2.74. The maximum absolute atomic E-state index is 13.2. The second kappa shape index (κ2) is 10.3. The molecule has 0 bridgehead atoms. The van der Waals surface area contributed by atoms with Gasteiger partial charge in [-0.15, -0.1) is 0 Å². The van der Waals surface area contributed by atoms with E-state index in [-0.39, 0.29) is 30.5 Å². The predicted octanol–water partition coefficient (Wildman–Crippen LogP) is 3.20. The highest BCUT2D eigenvalue weighted by molar-refractivity contribution is 5.77. The zero-order valence-electron chi connectivity index (χ0n) is 21.0. The molecule has 192 valence electrons. The first-order valence-corrected chi connectivity index (χ1v) is 12.7. The lowest BCUT2D eigenvalue weighted by Crippen LogP contribution is -2.49. The Morgan fingerprint density at radius 2 is 1.73 bits per heavy atom. The number of carbonyl (C=O) groups is 1. The summed E-state index contributed by atoms with van der Waals surface area (Å²) in [6.45, 7) is 3.07.